The van der Waals surface area contributed by atoms with Crippen molar-refractivity contribution in [2.75, 3.05) is 0 Å². The van der Waals surface area contributed by atoms with E-state index in [-0.39, 0.29) is 0 Å². The SMILES string of the molecule is Cc1ccccc1COc1ccc(CNCc2nc3ccccc3[nH]2)cc1. The van der Waals surface area contributed by atoms with Gasteiger partial charge in [-0.25, -0.2) is 4.98 Å². The molecule has 0 amide bonds. The first-order valence-corrected chi connectivity index (χ1v) is 9.18. The molecule has 4 heteroatoms. The number of imidazole rings is 1. The number of hydrogen-bond donors (Lipinski definition) is 2. The van der Waals surface area contributed by atoms with E-state index in [1.807, 2.05) is 48.5 Å². The molecule has 0 radical (unpaired) electrons. The molecule has 0 bridgehead atoms. The minimum absolute atomic E-state index is 0.594. The summed E-state index contributed by atoms with van der Waals surface area (Å²) >= 11 is 0. The van der Waals surface area contributed by atoms with E-state index < -0.39 is 0 Å². The molecule has 4 aromatic rings. The lowest BCUT2D eigenvalue weighted by Crippen LogP contribution is -2.13. The summed E-state index contributed by atoms with van der Waals surface area (Å²) < 4.78 is 5.90. The van der Waals surface area contributed by atoms with Crippen molar-refractivity contribution in [1.29, 1.82) is 0 Å². The van der Waals surface area contributed by atoms with Gasteiger partial charge < -0.3 is 15.0 Å². The number of fused-ring (bicyclic) bond motifs is 1. The van der Waals surface area contributed by atoms with Gasteiger partial charge in [0.25, 0.3) is 0 Å². The van der Waals surface area contributed by atoms with Gasteiger partial charge in [-0.2, -0.15) is 0 Å². The Morgan fingerprint density at radius 3 is 2.48 bits per heavy atom. The van der Waals surface area contributed by atoms with E-state index in [1.54, 1.807) is 0 Å². The molecule has 0 aliphatic rings. The Balaban J connectivity index is 1.28. The average Bonchev–Trinajstić information content (AvgIpc) is 3.11. The first-order valence-electron chi connectivity index (χ1n) is 9.18. The number of para-hydroxylation sites is 2. The van der Waals surface area contributed by atoms with Crippen molar-refractivity contribution in [2.24, 2.45) is 0 Å². The maximum Gasteiger partial charge on any atom is 0.121 e. The molecule has 0 saturated carbocycles. The zero-order valence-electron chi connectivity index (χ0n) is 15.4. The van der Waals surface area contributed by atoms with Crippen LogP contribution in [0.1, 0.15) is 22.5 Å². The number of hydrogen-bond acceptors (Lipinski definition) is 3. The summed E-state index contributed by atoms with van der Waals surface area (Å²) in [6.45, 7) is 4.20. The van der Waals surface area contributed by atoms with Gasteiger partial charge >= 0.3 is 0 Å². The van der Waals surface area contributed by atoms with Gasteiger partial charge in [-0.05, 0) is 47.9 Å². The van der Waals surface area contributed by atoms with Gasteiger partial charge in [-0.1, -0.05) is 48.5 Å². The van der Waals surface area contributed by atoms with Gasteiger partial charge in [0.05, 0.1) is 17.6 Å². The minimum Gasteiger partial charge on any atom is -0.489 e. The fraction of sp³-hybridized carbons (Fsp3) is 0.174. The highest BCUT2D eigenvalue weighted by Gasteiger charge is 2.02. The van der Waals surface area contributed by atoms with Crippen molar-refractivity contribution in [3.05, 3.63) is 95.3 Å². The van der Waals surface area contributed by atoms with Gasteiger partial charge in [0.15, 0.2) is 0 Å². The maximum absolute atomic E-state index is 5.90. The molecule has 4 rings (SSSR count). The Morgan fingerprint density at radius 1 is 0.889 bits per heavy atom. The van der Waals surface area contributed by atoms with Crippen LogP contribution in [-0.4, -0.2) is 9.97 Å². The lowest BCUT2D eigenvalue weighted by molar-refractivity contribution is 0.305. The summed E-state index contributed by atoms with van der Waals surface area (Å²) in [4.78, 5) is 7.91. The van der Waals surface area contributed by atoms with Crippen LogP contribution in [0.25, 0.3) is 11.0 Å². The van der Waals surface area contributed by atoms with Crippen LogP contribution in [0.4, 0.5) is 0 Å². The quantitative estimate of drug-likeness (QED) is 0.502. The molecule has 27 heavy (non-hydrogen) atoms. The average molecular weight is 357 g/mol. The van der Waals surface area contributed by atoms with Crippen LogP contribution in [0.5, 0.6) is 5.75 Å². The fourth-order valence-corrected chi connectivity index (χ4v) is 3.05. The van der Waals surface area contributed by atoms with E-state index in [0.29, 0.717) is 13.2 Å². The van der Waals surface area contributed by atoms with E-state index in [9.17, 15) is 0 Å². The van der Waals surface area contributed by atoms with Gasteiger partial charge in [-0.15, -0.1) is 0 Å². The predicted molar refractivity (Wildman–Crippen MR) is 109 cm³/mol. The lowest BCUT2D eigenvalue weighted by atomic mass is 10.1. The van der Waals surface area contributed by atoms with Crippen LogP contribution < -0.4 is 10.1 Å². The van der Waals surface area contributed by atoms with Crippen LogP contribution >= 0.6 is 0 Å². The van der Waals surface area contributed by atoms with Crippen molar-refractivity contribution in [3.63, 3.8) is 0 Å². The van der Waals surface area contributed by atoms with Gasteiger partial charge in [0.2, 0.25) is 0 Å². The van der Waals surface area contributed by atoms with Crippen molar-refractivity contribution >= 4 is 11.0 Å². The Morgan fingerprint density at radius 2 is 1.67 bits per heavy atom. The first kappa shape index (κ1) is 17.3. The fourth-order valence-electron chi connectivity index (χ4n) is 3.05. The van der Waals surface area contributed by atoms with Gasteiger partial charge in [0.1, 0.15) is 18.2 Å². The van der Waals surface area contributed by atoms with E-state index in [4.69, 9.17) is 4.74 Å². The van der Waals surface area contributed by atoms with E-state index in [2.05, 4.69) is 46.5 Å². The molecule has 0 aliphatic carbocycles. The van der Waals surface area contributed by atoms with Crippen LogP contribution in [0.3, 0.4) is 0 Å². The van der Waals surface area contributed by atoms with Crippen LogP contribution in [0, 0.1) is 6.92 Å². The van der Waals surface area contributed by atoms with E-state index >= 15 is 0 Å². The molecule has 0 atom stereocenters. The molecule has 0 fully saturated rings. The van der Waals surface area contributed by atoms with Gasteiger partial charge in [-0.3, -0.25) is 0 Å². The summed E-state index contributed by atoms with van der Waals surface area (Å²) in [6.07, 6.45) is 0. The third kappa shape index (κ3) is 4.36. The predicted octanol–water partition coefficient (Wildman–Crippen LogP) is 4.74. The van der Waals surface area contributed by atoms with Crippen LogP contribution in [0.15, 0.2) is 72.8 Å². The van der Waals surface area contributed by atoms with Crippen molar-refractivity contribution in [1.82, 2.24) is 15.3 Å². The maximum atomic E-state index is 5.90. The summed E-state index contributed by atoms with van der Waals surface area (Å²) in [6, 6.07) is 24.6. The zero-order chi connectivity index (χ0) is 18.5. The standard InChI is InChI=1S/C23H23N3O/c1-17-6-2-3-7-19(17)16-27-20-12-10-18(11-13-20)14-24-15-23-25-21-8-4-5-9-22(21)26-23/h2-13,24H,14-16H2,1H3,(H,25,26). The summed E-state index contributed by atoms with van der Waals surface area (Å²) in [7, 11) is 0. The molecule has 0 aliphatic heterocycles. The number of aryl methyl sites for hydroxylation is 1. The second kappa shape index (κ2) is 8.06. The smallest absolute Gasteiger partial charge is 0.121 e. The molecule has 0 unspecified atom stereocenters. The minimum atomic E-state index is 0.594. The van der Waals surface area contributed by atoms with Gasteiger partial charge in [0, 0.05) is 6.54 Å². The number of aromatic amines is 1. The third-order valence-electron chi connectivity index (χ3n) is 4.64. The summed E-state index contributed by atoms with van der Waals surface area (Å²) in [5, 5.41) is 3.43. The van der Waals surface area contributed by atoms with Crippen LogP contribution in [0.2, 0.25) is 0 Å². The molecule has 1 heterocycles. The highest BCUT2D eigenvalue weighted by atomic mass is 16.5. The lowest BCUT2D eigenvalue weighted by Gasteiger charge is -2.09. The third-order valence-corrected chi connectivity index (χ3v) is 4.64. The number of aromatic nitrogens is 2. The first-order chi connectivity index (χ1) is 13.3. The molecule has 0 spiro atoms. The van der Waals surface area contributed by atoms with Crippen molar-refractivity contribution in [2.45, 2.75) is 26.6 Å². The van der Waals surface area contributed by atoms with E-state index in [1.165, 1.54) is 16.7 Å². The summed E-state index contributed by atoms with van der Waals surface area (Å²) in [5.41, 5.74) is 5.77. The number of nitrogens with zero attached hydrogens (tertiary/aromatic N) is 1. The second-order valence-corrected chi connectivity index (χ2v) is 6.66. The zero-order valence-corrected chi connectivity index (χ0v) is 15.4. The highest BCUT2D eigenvalue weighted by molar-refractivity contribution is 5.74. The number of H-pyrrole nitrogens is 1. The molecule has 4 nitrogen and oxygen atoms in total. The van der Waals surface area contributed by atoms with Crippen molar-refractivity contribution < 1.29 is 4.74 Å². The number of ether oxygens (including phenoxy) is 1. The number of benzene rings is 3. The monoisotopic (exact) mass is 357 g/mol. The highest BCUT2D eigenvalue weighted by Crippen LogP contribution is 2.16. The molecule has 136 valence electrons. The molecule has 0 saturated heterocycles. The molecular weight excluding hydrogens is 334 g/mol. The Hall–Kier alpha value is -3.11. The Bertz CT molecular complexity index is 988. The molecular formula is C23H23N3O. The summed E-state index contributed by atoms with van der Waals surface area (Å²) in [5.74, 6) is 1.84. The van der Waals surface area contributed by atoms with E-state index in [0.717, 1.165) is 29.2 Å². The Labute approximate surface area is 159 Å². The largest absolute Gasteiger partial charge is 0.489 e. The number of nitrogens with one attached hydrogen (secondary N) is 2. The van der Waals surface area contributed by atoms with Crippen LogP contribution in [-0.2, 0) is 19.7 Å². The molecule has 3 aromatic carbocycles. The molecule has 1 aromatic heterocycles. The normalized spacial score (nSPS) is 11.0. The molecule has 2 N–H and O–H groups in total. The Kier molecular flexibility index (Phi) is 5.17. The topological polar surface area (TPSA) is 49.9 Å². The van der Waals surface area contributed by atoms with Crippen molar-refractivity contribution in [3.8, 4) is 5.75 Å². The second-order valence-electron chi connectivity index (χ2n) is 6.66. The number of rotatable bonds is 7.